The van der Waals surface area contributed by atoms with E-state index in [1.165, 1.54) is 0 Å². The maximum atomic E-state index is 12.3. The van der Waals surface area contributed by atoms with Gasteiger partial charge >= 0.3 is 5.97 Å². The van der Waals surface area contributed by atoms with E-state index >= 15 is 0 Å². The Morgan fingerprint density at radius 2 is 1.59 bits per heavy atom. The van der Waals surface area contributed by atoms with Crippen molar-refractivity contribution in [3.63, 3.8) is 0 Å². The lowest BCUT2D eigenvalue weighted by Crippen LogP contribution is -2.48. The van der Waals surface area contributed by atoms with Crippen LogP contribution in [-0.2, 0) is 19.2 Å². The summed E-state index contributed by atoms with van der Waals surface area (Å²) in [5.74, 6) is -0.0234. The van der Waals surface area contributed by atoms with E-state index in [-0.39, 0.29) is 55.5 Å². The number of nitrogens with one attached hydrogen (secondary N) is 3. The Labute approximate surface area is 178 Å². The second kappa shape index (κ2) is 14.3. The number of aliphatic carboxylic acids is 1. The normalized spacial score (nSPS) is 12.3. The number of rotatable bonds is 14. The van der Waals surface area contributed by atoms with Crippen LogP contribution in [-0.4, -0.2) is 59.4 Å². The molecule has 0 fully saturated rings. The lowest BCUT2D eigenvalue weighted by molar-refractivity contribution is -0.138. The molecule has 9 heteroatoms. The van der Waals surface area contributed by atoms with Crippen LogP contribution in [0.5, 0.6) is 0 Å². The molecule has 1 atom stereocenters. The van der Waals surface area contributed by atoms with Gasteiger partial charge in [0.1, 0.15) is 6.04 Å². The number of carboxylic acid groups (broad SMARTS) is 1. The van der Waals surface area contributed by atoms with Gasteiger partial charge in [-0.15, -0.1) is 0 Å². The van der Waals surface area contributed by atoms with Crippen molar-refractivity contribution >= 4 is 35.5 Å². The van der Waals surface area contributed by atoms with Crippen LogP contribution in [0.15, 0.2) is 0 Å². The highest BCUT2D eigenvalue weighted by Gasteiger charge is 2.21. The lowest BCUT2D eigenvalue weighted by Gasteiger charge is -2.19. The zero-order valence-corrected chi connectivity index (χ0v) is 19.1. The summed E-state index contributed by atoms with van der Waals surface area (Å²) < 4.78 is 0. The topological polar surface area (TPSA) is 125 Å². The second-order valence-corrected chi connectivity index (χ2v) is 9.76. The van der Waals surface area contributed by atoms with Gasteiger partial charge in [0.2, 0.25) is 17.7 Å². The maximum absolute atomic E-state index is 12.3. The standard InChI is InChI=1S/C20H37N3O5S/c1-14(2)12-17(25)21-9-10-22-19(28)15(6-7-18(26)27)23-16(24)8-11-29-13-20(3,4)5/h14-15H,6-13H2,1-5H3,(H,21,25)(H,22,28)(H,23,24)(H,26,27)/t15-/m0/s1. The highest BCUT2D eigenvalue weighted by atomic mass is 32.2. The predicted octanol–water partition coefficient (Wildman–Crippen LogP) is 1.78. The zero-order chi connectivity index (χ0) is 22.4. The van der Waals surface area contributed by atoms with Gasteiger partial charge in [0, 0.05) is 38.1 Å². The van der Waals surface area contributed by atoms with Gasteiger partial charge in [0.25, 0.3) is 0 Å². The van der Waals surface area contributed by atoms with Gasteiger partial charge in [-0.1, -0.05) is 34.6 Å². The van der Waals surface area contributed by atoms with E-state index in [1.807, 2.05) is 13.8 Å². The fourth-order valence-corrected chi connectivity index (χ4v) is 3.39. The molecule has 0 aromatic heterocycles. The summed E-state index contributed by atoms with van der Waals surface area (Å²) in [6, 6.07) is -0.905. The first kappa shape index (κ1) is 27.2. The monoisotopic (exact) mass is 431 g/mol. The summed E-state index contributed by atoms with van der Waals surface area (Å²) in [6.07, 6.45) is 0.478. The quantitative estimate of drug-likeness (QED) is 0.311. The number of amides is 3. The fraction of sp³-hybridized carbons (Fsp3) is 0.800. The van der Waals surface area contributed by atoms with Crippen LogP contribution in [0.1, 0.15) is 60.3 Å². The van der Waals surface area contributed by atoms with Crippen molar-refractivity contribution in [1.82, 2.24) is 16.0 Å². The third-order valence-corrected chi connectivity index (χ3v) is 5.21. The summed E-state index contributed by atoms with van der Waals surface area (Å²) in [5, 5.41) is 16.9. The Hall–Kier alpha value is -1.77. The van der Waals surface area contributed by atoms with Crippen LogP contribution in [0.2, 0.25) is 0 Å². The van der Waals surface area contributed by atoms with Crippen molar-refractivity contribution in [3.8, 4) is 0 Å². The molecule has 0 aliphatic heterocycles. The minimum absolute atomic E-state index is 0.0156. The molecule has 8 nitrogen and oxygen atoms in total. The first-order valence-corrected chi connectivity index (χ1v) is 11.2. The predicted molar refractivity (Wildman–Crippen MR) is 116 cm³/mol. The van der Waals surface area contributed by atoms with E-state index in [9.17, 15) is 19.2 Å². The molecule has 0 aliphatic rings. The summed E-state index contributed by atoms with van der Waals surface area (Å²) in [6.45, 7) is 10.7. The Morgan fingerprint density at radius 1 is 0.966 bits per heavy atom. The summed E-state index contributed by atoms with van der Waals surface area (Å²) >= 11 is 1.67. The molecule has 168 valence electrons. The molecule has 0 saturated heterocycles. The van der Waals surface area contributed by atoms with Crippen molar-refractivity contribution in [2.75, 3.05) is 24.6 Å². The van der Waals surface area contributed by atoms with Gasteiger partial charge in [0.15, 0.2) is 0 Å². The fourth-order valence-electron chi connectivity index (χ4n) is 2.30. The average molecular weight is 432 g/mol. The van der Waals surface area contributed by atoms with Crippen LogP contribution in [0, 0.1) is 11.3 Å². The van der Waals surface area contributed by atoms with Crippen LogP contribution in [0.4, 0.5) is 0 Å². The lowest BCUT2D eigenvalue weighted by atomic mass is 10.0. The molecule has 0 aliphatic carbocycles. The molecule has 0 bridgehead atoms. The largest absolute Gasteiger partial charge is 0.481 e. The first-order valence-electron chi connectivity index (χ1n) is 10.0. The van der Waals surface area contributed by atoms with Gasteiger partial charge in [-0.2, -0.15) is 11.8 Å². The van der Waals surface area contributed by atoms with Crippen LogP contribution in [0.3, 0.4) is 0 Å². The number of carboxylic acids is 1. The second-order valence-electron chi connectivity index (χ2n) is 8.65. The zero-order valence-electron chi connectivity index (χ0n) is 18.3. The van der Waals surface area contributed by atoms with E-state index < -0.39 is 17.9 Å². The Kier molecular flexibility index (Phi) is 13.4. The van der Waals surface area contributed by atoms with Gasteiger partial charge in [0.05, 0.1) is 0 Å². The minimum atomic E-state index is -1.03. The Morgan fingerprint density at radius 3 is 2.14 bits per heavy atom. The highest BCUT2D eigenvalue weighted by molar-refractivity contribution is 7.99. The molecule has 0 spiro atoms. The molecule has 0 rings (SSSR count). The highest BCUT2D eigenvalue weighted by Crippen LogP contribution is 2.20. The van der Waals surface area contributed by atoms with E-state index in [4.69, 9.17) is 5.11 Å². The molecule has 0 unspecified atom stereocenters. The summed E-state index contributed by atoms with van der Waals surface area (Å²) in [4.78, 5) is 46.9. The third-order valence-electron chi connectivity index (χ3n) is 3.65. The molecule has 29 heavy (non-hydrogen) atoms. The Balaban J connectivity index is 4.40. The summed E-state index contributed by atoms with van der Waals surface area (Å²) in [7, 11) is 0. The molecule has 0 saturated carbocycles. The van der Waals surface area contributed by atoms with Gasteiger partial charge in [-0.25, -0.2) is 0 Å². The van der Waals surface area contributed by atoms with E-state index in [0.717, 1.165) is 5.75 Å². The molecule has 0 aromatic rings. The number of carbonyl (C=O) groups excluding carboxylic acids is 3. The SMILES string of the molecule is CC(C)CC(=O)NCCNC(=O)[C@H](CCC(=O)O)NC(=O)CCSCC(C)(C)C. The smallest absolute Gasteiger partial charge is 0.303 e. The number of carbonyl (C=O) groups is 4. The van der Waals surface area contributed by atoms with Gasteiger partial charge < -0.3 is 21.1 Å². The molecule has 0 heterocycles. The Bertz CT molecular complexity index is 547. The van der Waals surface area contributed by atoms with E-state index in [1.54, 1.807) is 11.8 Å². The van der Waals surface area contributed by atoms with E-state index in [2.05, 4.69) is 36.7 Å². The van der Waals surface area contributed by atoms with Crippen LogP contribution < -0.4 is 16.0 Å². The van der Waals surface area contributed by atoms with Gasteiger partial charge in [-0.05, 0) is 23.5 Å². The first-order chi connectivity index (χ1) is 13.4. The molecule has 4 N–H and O–H groups in total. The maximum Gasteiger partial charge on any atom is 0.303 e. The van der Waals surface area contributed by atoms with Gasteiger partial charge in [-0.3, -0.25) is 19.2 Å². The summed E-state index contributed by atoms with van der Waals surface area (Å²) in [5.41, 5.74) is 0.176. The molecule has 0 aromatic carbocycles. The number of hydrogen-bond acceptors (Lipinski definition) is 5. The third kappa shape index (κ3) is 16.9. The number of thioether (sulfide) groups is 1. The number of hydrogen-bond donors (Lipinski definition) is 4. The van der Waals surface area contributed by atoms with Crippen LogP contribution in [0.25, 0.3) is 0 Å². The van der Waals surface area contributed by atoms with Crippen molar-refractivity contribution in [2.45, 2.75) is 66.3 Å². The van der Waals surface area contributed by atoms with E-state index in [0.29, 0.717) is 12.2 Å². The minimum Gasteiger partial charge on any atom is -0.481 e. The molecule has 0 radical (unpaired) electrons. The molecular formula is C20H37N3O5S. The van der Waals surface area contributed by atoms with Crippen molar-refractivity contribution in [3.05, 3.63) is 0 Å². The van der Waals surface area contributed by atoms with Crippen molar-refractivity contribution in [2.24, 2.45) is 11.3 Å². The molecular weight excluding hydrogens is 394 g/mol. The van der Waals surface area contributed by atoms with Crippen LogP contribution >= 0.6 is 11.8 Å². The van der Waals surface area contributed by atoms with Crippen molar-refractivity contribution < 1.29 is 24.3 Å². The van der Waals surface area contributed by atoms with Crippen molar-refractivity contribution in [1.29, 1.82) is 0 Å². The average Bonchev–Trinajstić information content (AvgIpc) is 2.57. The molecule has 3 amide bonds.